The number of anilines is 1. The SMILES string of the molecule is Nc1cc(Br)cc(C(=O)c2cc3cccc(F)c3o2)c1. The van der Waals surface area contributed by atoms with E-state index < -0.39 is 5.82 Å². The molecule has 0 unspecified atom stereocenters. The van der Waals surface area contributed by atoms with Crippen molar-refractivity contribution in [3.63, 3.8) is 0 Å². The molecular formula is C15H9BrFNO2. The standard InChI is InChI=1S/C15H9BrFNO2/c16-10-4-9(5-11(18)7-10)14(19)13-6-8-2-1-3-12(17)15(8)20-13/h1-7H,18H2. The fourth-order valence-electron chi connectivity index (χ4n) is 2.03. The molecule has 3 rings (SSSR count). The van der Waals surface area contributed by atoms with E-state index in [2.05, 4.69) is 15.9 Å². The van der Waals surface area contributed by atoms with E-state index in [1.165, 1.54) is 12.1 Å². The average molecular weight is 334 g/mol. The number of nitrogen functional groups attached to an aromatic ring is 1. The van der Waals surface area contributed by atoms with Crippen molar-refractivity contribution in [2.24, 2.45) is 0 Å². The third kappa shape index (κ3) is 2.20. The van der Waals surface area contributed by atoms with Crippen molar-refractivity contribution in [1.82, 2.24) is 0 Å². The van der Waals surface area contributed by atoms with Crippen molar-refractivity contribution in [2.75, 3.05) is 5.73 Å². The molecule has 1 aromatic heterocycles. The van der Waals surface area contributed by atoms with Gasteiger partial charge in [0.25, 0.3) is 0 Å². The van der Waals surface area contributed by atoms with Gasteiger partial charge in [0.2, 0.25) is 5.78 Å². The van der Waals surface area contributed by atoms with Crippen LogP contribution in [0.1, 0.15) is 16.1 Å². The zero-order chi connectivity index (χ0) is 14.3. The highest BCUT2D eigenvalue weighted by Crippen LogP contribution is 2.25. The molecule has 2 aromatic carbocycles. The van der Waals surface area contributed by atoms with Gasteiger partial charge in [-0.15, -0.1) is 0 Å². The second-order valence-electron chi connectivity index (χ2n) is 4.37. The topological polar surface area (TPSA) is 56.2 Å². The average Bonchev–Trinajstić information content (AvgIpc) is 2.82. The van der Waals surface area contributed by atoms with Crippen LogP contribution in [0.5, 0.6) is 0 Å². The van der Waals surface area contributed by atoms with Crippen LogP contribution in [-0.4, -0.2) is 5.78 Å². The number of halogens is 2. The monoisotopic (exact) mass is 333 g/mol. The first-order valence-corrected chi connectivity index (χ1v) is 6.63. The van der Waals surface area contributed by atoms with Crippen LogP contribution in [0.25, 0.3) is 11.0 Å². The molecule has 1 heterocycles. The van der Waals surface area contributed by atoms with Crippen LogP contribution in [-0.2, 0) is 0 Å². The van der Waals surface area contributed by atoms with Crippen LogP contribution >= 0.6 is 15.9 Å². The number of furan rings is 1. The number of fused-ring (bicyclic) bond motifs is 1. The molecule has 0 fully saturated rings. The fraction of sp³-hybridized carbons (Fsp3) is 0. The van der Waals surface area contributed by atoms with Gasteiger partial charge in [0.05, 0.1) is 0 Å². The van der Waals surface area contributed by atoms with Gasteiger partial charge in [0.1, 0.15) is 0 Å². The lowest BCUT2D eigenvalue weighted by Gasteiger charge is -2.01. The maximum atomic E-state index is 13.6. The molecular weight excluding hydrogens is 325 g/mol. The largest absolute Gasteiger partial charge is 0.449 e. The predicted octanol–water partition coefficient (Wildman–Crippen LogP) is 4.15. The van der Waals surface area contributed by atoms with E-state index >= 15 is 0 Å². The summed E-state index contributed by atoms with van der Waals surface area (Å²) in [5, 5.41) is 0.552. The van der Waals surface area contributed by atoms with E-state index in [1.54, 1.807) is 30.3 Å². The molecule has 0 aliphatic heterocycles. The zero-order valence-corrected chi connectivity index (χ0v) is 11.8. The van der Waals surface area contributed by atoms with Crippen molar-refractivity contribution in [1.29, 1.82) is 0 Å². The summed E-state index contributed by atoms with van der Waals surface area (Å²) in [5.41, 5.74) is 6.63. The van der Waals surface area contributed by atoms with Gasteiger partial charge in [0.15, 0.2) is 17.2 Å². The van der Waals surface area contributed by atoms with Gasteiger partial charge in [-0.05, 0) is 30.3 Å². The summed E-state index contributed by atoms with van der Waals surface area (Å²) in [4.78, 5) is 12.3. The number of ketones is 1. The Labute approximate surface area is 122 Å². The normalized spacial score (nSPS) is 10.9. The van der Waals surface area contributed by atoms with Crippen LogP contribution in [0.3, 0.4) is 0 Å². The number of nitrogens with two attached hydrogens (primary N) is 1. The highest BCUT2D eigenvalue weighted by atomic mass is 79.9. The molecule has 0 bridgehead atoms. The summed E-state index contributed by atoms with van der Waals surface area (Å²) >= 11 is 3.28. The van der Waals surface area contributed by atoms with Gasteiger partial charge in [-0.1, -0.05) is 28.1 Å². The molecule has 0 aliphatic carbocycles. The molecule has 0 atom stereocenters. The van der Waals surface area contributed by atoms with Crippen LogP contribution < -0.4 is 5.73 Å². The van der Waals surface area contributed by atoms with Gasteiger partial charge in [-0.2, -0.15) is 0 Å². The Hall–Kier alpha value is -2.14. The molecule has 0 radical (unpaired) electrons. The molecule has 20 heavy (non-hydrogen) atoms. The quantitative estimate of drug-likeness (QED) is 0.566. The van der Waals surface area contributed by atoms with E-state index in [0.717, 1.165) is 0 Å². The highest BCUT2D eigenvalue weighted by molar-refractivity contribution is 9.10. The Kier molecular flexibility index (Phi) is 3.06. The molecule has 3 aromatic rings. The summed E-state index contributed by atoms with van der Waals surface area (Å²) in [5.74, 6) is -0.744. The third-order valence-electron chi connectivity index (χ3n) is 2.90. The predicted molar refractivity (Wildman–Crippen MR) is 78.2 cm³/mol. The molecule has 100 valence electrons. The minimum absolute atomic E-state index is 0.0822. The first kappa shape index (κ1) is 12.9. The van der Waals surface area contributed by atoms with Crippen molar-refractivity contribution in [2.45, 2.75) is 0 Å². The highest BCUT2D eigenvalue weighted by Gasteiger charge is 2.17. The summed E-state index contributed by atoms with van der Waals surface area (Å²) in [6.07, 6.45) is 0. The summed E-state index contributed by atoms with van der Waals surface area (Å²) in [7, 11) is 0. The number of para-hydroxylation sites is 1. The Morgan fingerprint density at radius 3 is 2.70 bits per heavy atom. The van der Waals surface area contributed by atoms with Gasteiger partial charge in [-0.3, -0.25) is 4.79 Å². The van der Waals surface area contributed by atoms with Crippen molar-refractivity contribution < 1.29 is 13.6 Å². The third-order valence-corrected chi connectivity index (χ3v) is 3.36. The molecule has 3 nitrogen and oxygen atoms in total. The zero-order valence-electron chi connectivity index (χ0n) is 10.2. The first-order valence-electron chi connectivity index (χ1n) is 5.83. The Morgan fingerprint density at radius 2 is 2.00 bits per heavy atom. The summed E-state index contributed by atoms with van der Waals surface area (Å²) in [6.45, 7) is 0. The number of hydrogen-bond donors (Lipinski definition) is 1. The van der Waals surface area contributed by atoms with Crippen molar-refractivity contribution in [3.05, 3.63) is 64.1 Å². The summed E-state index contributed by atoms with van der Waals surface area (Å²) in [6, 6.07) is 11.0. The Balaban J connectivity index is 2.10. The van der Waals surface area contributed by atoms with Gasteiger partial charge in [0, 0.05) is 21.1 Å². The van der Waals surface area contributed by atoms with Gasteiger partial charge in [-0.25, -0.2) is 4.39 Å². The van der Waals surface area contributed by atoms with Crippen LogP contribution in [0.2, 0.25) is 0 Å². The van der Waals surface area contributed by atoms with Gasteiger partial charge >= 0.3 is 0 Å². The second kappa shape index (κ2) is 4.76. The minimum atomic E-state index is -0.490. The lowest BCUT2D eigenvalue weighted by atomic mass is 10.1. The maximum Gasteiger partial charge on any atom is 0.228 e. The molecule has 0 saturated heterocycles. The molecule has 0 amide bonds. The lowest BCUT2D eigenvalue weighted by molar-refractivity contribution is 0.101. The Bertz CT molecular complexity index is 806. The Morgan fingerprint density at radius 1 is 1.20 bits per heavy atom. The van der Waals surface area contributed by atoms with E-state index in [4.69, 9.17) is 10.2 Å². The van der Waals surface area contributed by atoms with E-state index in [-0.39, 0.29) is 17.1 Å². The second-order valence-corrected chi connectivity index (χ2v) is 5.29. The first-order chi connectivity index (χ1) is 9.54. The minimum Gasteiger partial charge on any atom is -0.449 e. The number of hydrogen-bond acceptors (Lipinski definition) is 3. The molecule has 0 aliphatic rings. The molecule has 0 saturated carbocycles. The molecule has 0 spiro atoms. The number of rotatable bonds is 2. The van der Waals surface area contributed by atoms with Crippen LogP contribution in [0, 0.1) is 5.82 Å². The van der Waals surface area contributed by atoms with Crippen LogP contribution in [0.15, 0.2) is 51.4 Å². The van der Waals surface area contributed by atoms with E-state index in [9.17, 15) is 9.18 Å². The van der Waals surface area contributed by atoms with E-state index in [0.29, 0.717) is 21.1 Å². The van der Waals surface area contributed by atoms with Crippen LogP contribution in [0.4, 0.5) is 10.1 Å². The molecule has 5 heteroatoms. The maximum absolute atomic E-state index is 13.6. The van der Waals surface area contributed by atoms with Crippen molar-refractivity contribution >= 4 is 38.4 Å². The smallest absolute Gasteiger partial charge is 0.228 e. The number of carbonyl (C=O) groups is 1. The number of carbonyl (C=O) groups excluding carboxylic acids is 1. The summed E-state index contributed by atoms with van der Waals surface area (Å²) < 4.78 is 19.6. The van der Waals surface area contributed by atoms with Crippen molar-refractivity contribution in [3.8, 4) is 0 Å². The molecule has 2 N–H and O–H groups in total. The number of benzene rings is 2. The van der Waals surface area contributed by atoms with Gasteiger partial charge < -0.3 is 10.2 Å². The lowest BCUT2D eigenvalue weighted by Crippen LogP contribution is -2.00. The fourth-order valence-corrected chi connectivity index (χ4v) is 2.54. The van der Waals surface area contributed by atoms with E-state index in [1.807, 2.05) is 0 Å².